The van der Waals surface area contributed by atoms with Gasteiger partial charge in [-0.15, -0.1) is 12.4 Å². The molecule has 1 aromatic rings. The predicted molar refractivity (Wildman–Crippen MR) is 110 cm³/mol. The SMILES string of the molecule is COc1cc(C)c(S(=O)(=O)N2CCC(OCCCN)CC2)cc1C(C)C.Cl. The zero-order valence-corrected chi connectivity index (χ0v) is 18.4. The minimum absolute atomic E-state index is 0. The zero-order chi connectivity index (χ0) is 19.3. The highest BCUT2D eigenvalue weighted by Crippen LogP contribution is 2.33. The van der Waals surface area contributed by atoms with Gasteiger partial charge in [-0.3, -0.25) is 0 Å². The van der Waals surface area contributed by atoms with Gasteiger partial charge in [-0.2, -0.15) is 4.31 Å². The van der Waals surface area contributed by atoms with Crippen molar-refractivity contribution < 1.29 is 17.9 Å². The molecule has 0 aromatic heterocycles. The van der Waals surface area contributed by atoms with Crippen LogP contribution in [-0.4, -0.2) is 52.2 Å². The van der Waals surface area contributed by atoms with Gasteiger partial charge < -0.3 is 15.2 Å². The summed E-state index contributed by atoms with van der Waals surface area (Å²) in [4.78, 5) is 0.379. The van der Waals surface area contributed by atoms with Gasteiger partial charge in [0.25, 0.3) is 0 Å². The molecular weight excluding hydrogens is 388 g/mol. The van der Waals surface area contributed by atoms with Crippen molar-refractivity contribution in [3.8, 4) is 5.75 Å². The normalized spacial score (nSPS) is 16.4. The first-order valence-electron chi connectivity index (χ1n) is 9.31. The molecule has 0 atom stereocenters. The first-order valence-corrected chi connectivity index (χ1v) is 10.8. The van der Waals surface area contributed by atoms with Gasteiger partial charge in [-0.25, -0.2) is 8.42 Å². The van der Waals surface area contributed by atoms with Crippen molar-refractivity contribution in [2.75, 3.05) is 33.4 Å². The van der Waals surface area contributed by atoms with Crippen molar-refractivity contribution in [3.05, 3.63) is 23.3 Å². The molecule has 0 amide bonds. The fraction of sp³-hybridized carbons (Fsp3) is 0.684. The Hall–Kier alpha value is -0.860. The molecule has 0 bridgehead atoms. The van der Waals surface area contributed by atoms with Crippen molar-refractivity contribution in [2.24, 2.45) is 5.73 Å². The number of hydrogen-bond acceptors (Lipinski definition) is 5. The molecule has 1 aliphatic rings. The highest BCUT2D eigenvalue weighted by molar-refractivity contribution is 7.89. The molecule has 2 rings (SSSR count). The zero-order valence-electron chi connectivity index (χ0n) is 16.7. The minimum Gasteiger partial charge on any atom is -0.496 e. The maximum Gasteiger partial charge on any atom is 0.243 e. The number of methoxy groups -OCH3 is 1. The van der Waals surface area contributed by atoms with Gasteiger partial charge >= 0.3 is 0 Å². The van der Waals surface area contributed by atoms with Crippen LogP contribution >= 0.6 is 12.4 Å². The van der Waals surface area contributed by atoms with Gasteiger partial charge in [0, 0.05) is 19.7 Å². The molecule has 0 spiro atoms. The molecule has 1 heterocycles. The average Bonchev–Trinajstić information content (AvgIpc) is 2.61. The second-order valence-electron chi connectivity index (χ2n) is 7.13. The molecule has 0 saturated carbocycles. The van der Waals surface area contributed by atoms with Gasteiger partial charge in [0.05, 0.1) is 18.1 Å². The largest absolute Gasteiger partial charge is 0.496 e. The number of benzene rings is 1. The smallest absolute Gasteiger partial charge is 0.243 e. The topological polar surface area (TPSA) is 81.9 Å². The Balaban J connectivity index is 0.00000364. The van der Waals surface area contributed by atoms with E-state index in [2.05, 4.69) is 0 Å². The van der Waals surface area contributed by atoms with Crippen LogP contribution in [0.15, 0.2) is 17.0 Å². The second kappa shape index (κ2) is 10.6. The van der Waals surface area contributed by atoms with Crippen LogP contribution in [0.2, 0.25) is 0 Å². The van der Waals surface area contributed by atoms with E-state index in [4.69, 9.17) is 15.2 Å². The van der Waals surface area contributed by atoms with E-state index in [0.29, 0.717) is 36.7 Å². The minimum atomic E-state index is -3.52. The molecule has 1 fully saturated rings. The van der Waals surface area contributed by atoms with Gasteiger partial charge in [0.2, 0.25) is 10.0 Å². The van der Waals surface area contributed by atoms with Crippen molar-refractivity contribution in [2.45, 2.75) is 57.0 Å². The molecule has 27 heavy (non-hydrogen) atoms. The number of aryl methyl sites for hydroxylation is 1. The van der Waals surface area contributed by atoms with E-state index in [-0.39, 0.29) is 24.4 Å². The number of rotatable bonds is 8. The number of nitrogens with two attached hydrogens (primary N) is 1. The molecule has 6 nitrogen and oxygen atoms in total. The number of sulfonamides is 1. The molecule has 8 heteroatoms. The monoisotopic (exact) mass is 420 g/mol. The number of nitrogens with zero attached hydrogens (tertiary/aromatic N) is 1. The third kappa shape index (κ3) is 5.81. The van der Waals surface area contributed by atoms with E-state index in [0.717, 1.165) is 30.6 Å². The van der Waals surface area contributed by atoms with Gasteiger partial charge in [-0.1, -0.05) is 13.8 Å². The summed E-state index contributed by atoms with van der Waals surface area (Å²) in [5, 5.41) is 0. The van der Waals surface area contributed by atoms with Crippen LogP contribution in [0.25, 0.3) is 0 Å². The molecule has 156 valence electrons. The molecule has 2 N–H and O–H groups in total. The third-order valence-corrected chi connectivity index (χ3v) is 6.91. The lowest BCUT2D eigenvalue weighted by Gasteiger charge is -2.31. The lowest BCUT2D eigenvalue weighted by molar-refractivity contribution is 0.0209. The van der Waals surface area contributed by atoms with E-state index in [1.807, 2.05) is 26.8 Å². The Morgan fingerprint density at radius 3 is 2.41 bits per heavy atom. The summed E-state index contributed by atoms with van der Waals surface area (Å²) >= 11 is 0. The fourth-order valence-corrected chi connectivity index (χ4v) is 5.01. The van der Waals surface area contributed by atoms with E-state index in [1.165, 1.54) is 0 Å². The third-order valence-electron chi connectivity index (χ3n) is 4.87. The Bertz CT molecular complexity index is 702. The maximum absolute atomic E-state index is 13.2. The Labute approximate surface area is 169 Å². The lowest BCUT2D eigenvalue weighted by Crippen LogP contribution is -2.41. The van der Waals surface area contributed by atoms with Crippen LogP contribution in [-0.2, 0) is 14.8 Å². The summed E-state index contributed by atoms with van der Waals surface area (Å²) < 4.78 is 39.1. The van der Waals surface area contributed by atoms with Crippen molar-refractivity contribution in [1.29, 1.82) is 0 Å². The maximum atomic E-state index is 13.2. The van der Waals surface area contributed by atoms with E-state index >= 15 is 0 Å². The average molecular weight is 421 g/mol. The Morgan fingerprint density at radius 1 is 1.26 bits per heavy atom. The quantitative estimate of drug-likeness (QED) is 0.653. The number of ether oxygens (including phenoxy) is 2. The van der Waals surface area contributed by atoms with Gasteiger partial charge in [0.15, 0.2) is 0 Å². The second-order valence-corrected chi connectivity index (χ2v) is 9.04. The molecule has 0 radical (unpaired) electrons. The van der Waals surface area contributed by atoms with Crippen molar-refractivity contribution in [1.82, 2.24) is 4.31 Å². The Morgan fingerprint density at radius 2 is 1.89 bits per heavy atom. The van der Waals surface area contributed by atoms with Crippen molar-refractivity contribution >= 4 is 22.4 Å². The predicted octanol–water partition coefficient (Wildman–Crippen LogP) is 3.07. The molecule has 1 aliphatic heterocycles. The van der Waals surface area contributed by atoms with Crippen LogP contribution in [0.3, 0.4) is 0 Å². The van der Waals surface area contributed by atoms with Gasteiger partial charge in [0.1, 0.15) is 5.75 Å². The fourth-order valence-electron chi connectivity index (χ4n) is 3.29. The lowest BCUT2D eigenvalue weighted by atomic mass is 10.0. The van der Waals surface area contributed by atoms with Crippen molar-refractivity contribution in [3.63, 3.8) is 0 Å². The highest BCUT2D eigenvalue weighted by atomic mass is 35.5. The first-order chi connectivity index (χ1) is 12.3. The molecule has 1 aromatic carbocycles. The Kier molecular flexibility index (Phi) is 9.51. The van der Waals surface area contributed by atoms with Crippen LogP contribution < -0.4 is 10.5 Å². The molecular formula is C19H33ClN2O4S. The molecule has 1 saturated heterocycles. The molecule has 0 aliphatic carbocycles. The summed E-state index contributed by atoms with van der Waals surface area (Å²) in [6.45, 7) is 8.12. The number of piperidine rings is 1. The van der Waals surface area contributed by atoms with Crippen LogP contribution in [0.4, 0.5) is 0 Å². The standard InChI is InChI=1S/C19H32N2O4S.ClH/c1-14(2)17-13-19(15(3)12-18(17)24-4)26(22,23)21-9-6-16(7-10-21)25-11-5-8-20;/h12-14,16H,5-11,20H2,1-4H3;1H. The summed E-state index contributed by atoms with van der Waals surface area (Å²) in [6.07, 6.45) is 2.39. The van der Waals surface area contributed by atoms with Gasteiger partial charge in [-0.05, 0) is 61.9 Å². The van der Waals surface area contributed by atoms with Crippen LogP contribution in [0.5, 0.6) is 5.75 Å². The number of halogens is 1. The highest BCUT2D eigenvalue weighted by Gasteiger charge is 2.31. The van der Waals surface area contributed by atoms with Crippen LogP contribution in [0, 0.1) is 6.92 Å². The van der Waals surface area contributed by atoms with Crippen LogP contribution in [0.1, 0.15) is 50.2 Å². The summed E-state index contributed by atoms with van der Waals surface area (Å²) in [5.74, 6) is 0.921. The van der Waals surface area contributed by atoms with E-state index < -0.39 is 10.0 Å². The first kappa shape index (κ1) is 24.2. The van der Waals surface area contributed by atoms with E-state index in [9.17, 15) is 8.42 Å². The molecule has 0 unspecified atom stereocenters. The summed E-state index contributed by atoms with van der Waals surface area (Å²) in [7, 11) is -1.90. The summed E-state index contributed by atoms with van der Waals surface area (Å²) in [5.41, 5.74) is 7.11. The summed E-state index contributed by atoms with van der Waals surface area (Å²) in [6, 6.07) is 3.60. The van der Waals surface area contributed by atoms with E-state index in [1.54, 1.807) is 17.5 Å². The number of hydrogen-bond donors (Lipinski definition) is 1.